The summed E-state index contributed by atoms with van der Waals surface area (Å²) in [6.45, 7) is 0.234. The van der Waals surface area contributed by atoms with Crippen LogP contribution in [0.5, 0.6) is 5.75 Å². The summed E-state index contributed by atoms with van der Waals surface area (Å²) >= 11 is 0. The Bertz CT molecular complexity index is 1330. The molecule has 5 rings (SSSR count). The maximum absolute atomic E-state index is 14.6. The first-order valence-electron chi connectivity index (χ1n) is 11.3. The molecule has 1 N–H and O–H groups in total. The number of hydrogen-bond acceptors (Lipinski definition) is 5. The zero-order chi connectivity index (χ0) is 24.0. The number of methoxy groups -OCH3 is 1. The van der Waals surface area contributed by atoms with Crippen LogP contribution in [-0.4, -0.2) is 51.2 Å². The second kappa shape index (κ2) is 8.69. The first-order valence-corrected chi connectivity index (χ1v) is 12.7. The number of hydrogen-bond donors (Lipinski definition) is 1. The summed E-state index contributed by atoms with van der Waals surface area (Å²) in [6, 6.07) is 18.1. The van der Waals surface area contributed by atoms with Crippen LogP contribution in [0.2, 0.25) is 0 Å². The van der Waals surface area contributed by atoms with Gasteiger partial charge in [0.1, 0.15) is 16.5 Å². The number of sulfonamides is 1. The van der Waals surface area contributed by atoms with Gasteiger partial charge in [0.15, 0.2) is 0 Å². The molecule has 0 bridgehead atoms. The number of anilines is 1. The molecular weight excluding hydrogens is 455 g/mol. The van der Waals surface area contributed by atoms with Crippen molar-refractivity contribution in [3.63, 3.8) is 0 Å². The van der Waals surface area contributed by atoms with E-state index in [9.17, 15) is 17.9 Å². The molecule has 0 unspecified atom stereocenters. The second-order valence-electron chi connectivity index (χ2n) is 8.78. The minimum absolute atomic E-state index is 0.0886. The van der Waals surface area contributed by atoms with Crippen LogP contribution in [0.15, 0.2) is 71.6 Å². The molecule has 178 valence electrons. The lowest BCUT2D eigenvalue weighted by atomic mass is 9.81. The summed E-state index contributed by atoms with van der Waals surface area (Å²) in [5.74, 6) is -0.151. The highest BCUT2D eigenvalue weighted by Crippen LogP contribution is 2.51. The van der Waals surface area contributed by atoms with E-state index in [1.807, 2.05) is 30.1 Å². The predicted molar refractivity (Wildman–Crippen MR) is 129 cm³/mol. The van der Waals surface area contributed by atoms with Crippen molar-refractivity contribution in [3.05, 3.63) is 78.1 Å². The van der Waals surface area contributed by atoms with Gasteiger partial charge in [0.2, 0.25) is 10.0 Å². The minimum Gasteiger partial charge on any atom is -0.495 e. The molecule has 3 aromatic rings. The molecule has 0 amide bonds. The molecule has 0 saturated carbocycles. The maximum Gasteiger partial charge on any atom is 0.247 e. The lowest BCUT2D eigenvalue weighted by Crippen LogP contribution is -2.48. The van der Waals surface area contributed by atoms with Crippen molar-refractivity contribution in [2.45, 2.75) is 23.4 Å². The van der Waals surface area contributed by atoms with Gasteiger partial charge < -0.3 is 14.7 Å². The number of benzene rings is 3. The first-order chi connectivity index (χ1) is 16.4. The summed E-state index contributed by atoms with van der Waals surface area (Å²) in [5.41, 5.74) is 2.80. The number of aliphatic hydroxyl groups is 1. The van der Waals surface area contributed by atoms with E-state index in [1.54, 1.807) is 42.5 Å². The first kappa shape index (κ1) is 22.8. The van der Waals surface area contributed by atoms with Crippen molar-refractivity contribution in [1.29, 1.82) is 0 Å². The average molecular weight is 483 g/mol. The van der Waals surface area contributed by atoms with E-state index in [2.05, 4.69) is 0 Å². The van der Waals surface area contributed by atoms with E-state index in [1.165, 1.54) is 17.5 Å². The van der Waals surface area contributed by atoms with Crippen molar-refractivity contribution in [2.75, 3.05) is 32.2 Å². The molecule has 8 heteroatoms. The fraction of sp³-hybridized carbons (Fsp3) is 0.308. The van der Waals surface area contributed by atoms with E-state index < -0.39 is 16.1 Å². The van der Waals surface area contributed by atoms with Crippen LogP contribution in [-0.2, 0) is 10.0 Å². The Morgan fingerprint density at radius 1 is 1.09 bits per heavy atom. The highest BCUT2D eigenvalue weighted by atomic mass is 32.2. The molecule has 3 aromatic carbocycles. The Labute approximate surface area is 199 Å². The number of nitrogens with zero attached hydrogens (tertiary/aromatic N) is 2. The van der Waals surface area contributed by atoms with Crippen LogP contribution in [0.25, 0.3) is 11.1 Å². The third-order valence-electron chi connectivity index (χ3n) is 7.14. The normalized spacial score (nSPS) is 22.4. The third-order valence-corrected chi connectivity index (χ3v) is 9.06. The quantitative estimate of drug-likeness (QED) is 0.594. The average Bonchev–Trinajstić information content (AvgIpc) is 3.30. The molecule has 6 nitrogen and oxygen atoms in total. The molecule has 0 radical (unpaired) electrons. The summed E-state index contributed by atoms with van der Waals surface area (Å²) < 4.78 is 49.2. The van der Waals surface area contributed by atoms with Crippen molar-refractivity contribution >= 4 is 15.7 Å². The Morgan fingerprint density at radius 3 is 2.56 bits per heavy atom. The van der Waals surface area contributed by atoms with Crippen molar-refractivity contribution in [2.24, 2.45) is 5.92 Å². The minimum atomic E-state index is -3.90. The fourth-order valence-electron chi connectivity index (χ4n) is 5.50. The van der Waals surface area contributed by atoms with E-state index >= 15 is 0 Å². The van der Waals surface area contributed by atoms with E-state index in [4.69, 9.17) is 4.74 Å². The summed E-state index contributed by atoms with van der Waals surface area (Å²) in [6.07, 6.45) is 0.609. The molecule has 0 spiro atoms. The van der Waals surface area contributed by atoms with Gasteiger partial charge in [0.05, 0.1) is 25.8 Å². The van der Waals surface area contributed by atoms with Crippen LogP contribution in [0.1, 0.15) is 18.0 Å². The van der Waals surface area contributed by atoms with E-state index in [-0.39, 0.29) is 35.0 Å². The van der Waals surface area contributed by atoms with E-state index in [0.717, 1.165) is 11.3 Å². The molecular formula is C26H27FN2O4S. The lowest BCUT2D eigenvalue weighted by Gasteiger charge is -2.44. The Balaban J connectivity index is 1.67. The molecule has 1 saturated heterocycles. The van der Waals surface area contributed by atoms with Gasteiger partial charge in [-0.15, -0.1) is 0 Å². The van der Waals surface area contributed by atoms with Gasteiger partial charge in [-0.25, -0.2) is 12.8 Å². The van der Waals surface area contributed by atoms with Crippen molar-refractivity contribution in [1.82, 2.24) is 4.31 Å². The summed E-state index contributed by atoms with van der Waals surface area (Å²) in [7, 11) is -0.530. The number of para-hydroxylation sites is 1. The van der Waals surface area contributed by atoms with Gasteiger partial charge >= 0.3 is 0 Å². The van der Waals surface area contributed by atoms with Crippen LogP contribution < -0.4 is 9.64 Å². The number of rotatable bonds is 5. The number of aliphatic hydroxyl groups excluding tert-OH is 1. The number of fused-ring (bicyclic) bond motifs is 3. The van der Waals surface area contributed by atoms with Gasteiger partial charge in [0.25, 0.3) is 0 Å². The van der Waals surface area contributed by atoms with Crippen LogP contribution >= 0.6 is 0 Å². The molecule has 0 aromatic heterocycles. The maximum atomic E-state index is 14.6. The van der Waals surface area contributed by atoms with Crippen LogP contribution in [0, 0.1) is 11.7 Å². The molecule has 0 aliphatic carbocycles. The van der Waals surface area contributed by atoms with Gasteiger partial charge in [-0.1, -0.05) is 36.4 Å². The molecule has 2 heterocycles. The molecule has 2 aliphatic heterocycles. The number of likely N-dealkylation sites (N-methyl/N-ethyl adjacent to an activating group) is 1. The zero-order valence-electron chi connectivity index (χ0n) is 19.1. The Morgan fingerprint density at radius 2 is 1.82 bits per heavy atom. The molecule has 34 heavy (non-hydrogen) atoms. The second-order valence-corrected chi connectivity index (χ2v) is 10.6. The zero-order valence-corrected chi connectivity index (χ0v) is 19.9. The van der Waals surface area contributed by atoms with Crippen molar-refractivity contribution in [3.8, 4) is 16.9 Å². The number of halogens is 1. The molecule has 2 aliphatic rings. The Kier molecular flexibility index (Phi) is 5.83. The van der Waals surface area contributed by atoms with Crippen molar-refractivity contribution < 1.29 is 22.7 Å². The summed E-state index contributed by atoms with van der Waals surface area (Å²) in [4.78, 5) is 2.13. The highest BCUT2D eigenvalue weighted by molar-refractivity contribution is 7.89. The monoisotopic (exact) mass is 482 g/mol. The standard InChI is InChI=1S/C26H27FN2O4S/c1-28-22-12-11-17(18-7-3-4-8-21(18)27)15-20(22)26-19(23(28)16-30)13-14-29(26)34(31,32)25-10-6-5-9-24(25)33-2/h3-12,15,19,23,26,30H,13-14,16H2,1-2H3/t19-,23+,26-/m0/s1. The van der Waals surface area contributed by atoms with Gasteiger partial charge in [-0.2, -0.15) is 4.31 Å². The lowest BCUT2D eigenvalue weighted by molar-refractivity contribution is 0.193. The van der Waals surface area contributed by atoms with Crippen LogP contribution in [0.3, 0.4) is 0 Å². The third kappa shape index (κ3) is 3.48. The van der Waals surface area contributed by atoms with Crippen LogP contribution in [0.4, 0.5) is 10.1 Å². The van der Waals surface area contributed by atoms with Gasteiger partial charge in [0, 0.05) is 30.8 Å². The van der Waals surface area contributed by atoms with Gasteiger partial charge in [-0.3, -0.25) is 0 Å². The molecule has 1 fully saturated rings. The Hall–Kier alpha value is -2.94. The predicted octanol–water partition coefficient (Wildman–Crippen LogP) is 4.06. The van der Waals surface area contributed by atoms with E-state index in [0.29, 0.717) is 24.1 Å². The summed E-state index contributed by atoms with van der Waals surface area (Å²) in [5, 5.41) is 10.2. The highest BCUT2D eigenvalue weighted by Gasteiger charge is 2.50. The largest absolute Gasteiger partial charge is 0.495 e. The smallest absolute Gasteiger partial charge is 0.247 e. The topological polar surface area (TPSA) is 70.1 Å². The van der Waals surface area contributed by atoms with Gasteiger partial charge in [-0.05, 0) is 47.9 Å². The number of ether oxygens (including phenoxy) is 1. The molecule has 3 atom stereocenters. The fourth-order valence-corrected chi connectivity index (χ4v) is 7.33. The SMILES string of the molecule is COc1ccccc1S(=O)(=O)N1CC[C@H]2[C@@H](CO)N(C)c3ccc(-c4ccccc4F)cc3[C@H]21.